The molecule has 1 saturated heterocycles. The standard InChI is InChI=1S/C26H37N3O2.HI/c1-4-21-9-11-24(12-10-21)20(3)29-26(27-5-2)28-18-22-7-6-8-23(17-22)19-31-25-13-15-30-16-14-25;/h6-12,17,20,25H,4-5,13-16,18-19H2,1-3H3,(H2,27,28,29);1H. The second-order valence-electron chi connectivity index (χ2n) is 8.10. The number of hydrogen-bond acceptors (Lipinski definition) is 3. The van der Waals surface area contributed by atoms with Gasteiger partial charge in [-0.1, -0.05) is 55.5 Å². The van der Waals surface area contributed by atoms with Crippen molar-refractivity contribution in [2.24, 2.45) is 4.99 Å². The average Bonchev–Trinajstić information content (AvgIpc) is 2.82. The van der Waals surface area contributed by atoms with Crippen LogP contribution in [0.15, 0.2) is 53.5 Å². The minimum atomic E-state index is 0. The molecule has 1 atom stereocenters. The first-order valence-corrected chi connectivity index (χ1v) is 11.6. The van der Waals surface area contributed by atoms with Crippen LogP contribution in [0.5, 0.6) is 0 Å². The maximum Gasteiger partial charge on any atom is 0.192 e. The van der Waals surface area contributed by atoms with Gasteiger partial charge in [0.15, 0.2) is 5.96 Å². The Balaban J connectivity index is 0.00000363. The molecule has 5 nitrogen and oxygen atoms in total. The van der Waals surface area contributed by atoms with Crippen LogP contribution in [0.2, 0.25) is 0 Å². The lowest BCUT2D eigenvalue weighted by Gasteiger charge is -2.22. The van der Waals surface area contributed by atoms with Crippen molar-refractivity contribution in [3.8, 4) is 0 Å². The summed E-state index contributed by atoms with van der Waals surface area (Å²) in [5, 5.41) is 6.89. The molecule has 0 spiro atoms. The molecule has 0 saturated carbocycles. The van der Waals surface area contributed by atoms with Gasteiger partial charge in [-0.05, 0) is 55.4 Å². The normalized spacial score (nSPS) is 15.7. The van der Waals surface area contributed by atoms with E-state index >= 15 is 0 Å². The topological polar surface area (TPSA) is 54.9 Å². The van der Waals surface area contributed by atoms with Crippen LogP contribution in [0.1, 0.15) is 61.9 Å². The van der Waals surface area contributed by atoms with E-state index in [1.807, 2.05) is 0 Å². The van der Waals surface area contributed by atoms with Crippen molar-refractivity contribution in [1.29, 1.82) is 0 Å². The lowest BCUT2D eigenvalue weighted by molar-refractivity contribution is -0.0390. The number of aliphatic imine (C=N–C) groups is 1. The third-order valence-corrected chi connectivity index (χ3v) is 5.65. The molecule has 0 bridgehead atoms. The second-order valence-corrected chi connectivity index (χ2v) is 8.10. The highest BCUT2D eigenvalue weighted by Gasteiger charge is 2.14. The number of halogens is 1. The molecular weight excluding hydrogens is 513 g/mol. The zero-order chi connectivity index (χ0) is 21.9. The van der Waals surface area contributed by atoms with Crippen LogP contribution in [0.4, 0.5) is 0 Å². The Morgan fingerprint density at radius 3 is 2.47 bits per heavy atom. The monoisotopic (exact) mass is 551 g/mol. The third-order valence-electron chi connectivity index (χ3n) is 5.65. The summed E-state index contributed by atoms with van der Waals surface area (Å²) >= 11 is 0. The summed E-state index contributed by atoms with van der Waals surface area (Å²) in [4.78, 5) is 4.81. The Morgan fingerprint density at radius 2 is 1.78 bits per heavy atom. The van der Waals surface area contributed by atoms with Crippen molar-refractivity contribution in [3.63, 3.8) is 0 Å². The first-order valence-electron chi connectivity index (χ1n) is 11.6. The van der Waals surface area contributed by atoms with Gasteiger partial charge in [-0.25, -0.2) is 4.99 Å². The molecule has 0 aliphatic carbocycles. The summed E-state index contributed by atoms with van der Waals surface area (Å²) in [5.74, 6) is 0.832. The molecule has 1 aliphatic rings. The number of benzene rings is 2. The third kappa shape index (κ3) is 8.71. The highest BCUT2D eigenvalue weighted by Crippen LogP contribution is 2.16. The first kappa shape index (κ1) is 26.6. The van der Waals surface area contributed by atoms with E-state index in [0.29, 0.717) is 19.3 Å². The van der Waals surface area contributed by atoms with E-state index in [2.05, 4.69) is 79.9 Å². The summed E-state index contributed by atoms with van der Waals surface area (Å²) in [6.07, 6.45) is 3.35. The van der Waals surface area contributed by atoms with E-state index in [1.54, 1.807) is 0 Å². The summed E-state index contributed by atoms with van der Waals surface area (Å²) in [6.45, 7) is 10.1. The van der Waals surface area contributed by atoms with Crippen molar-refractivity contribution < 1.29 is 9.47 Å². The highest BCUT2D eigenvalue weighted by atomic mass is 127. The van der Waals surface area contributed by atoms with Crippen LogP contribution in [0.3, 0.4) is 0 Å². The van der Waals surface area contributed by atoms with Crippen LogP contribution in [0, 0.1) is 0 Å². The molecule has 3 rings (SSSR count). The minimum absolute atomic E-state index is 0. The van der Waals surface area contributed by atoms with Crippen LogP contribution in [0.25, 0.3) is 0 Å². The molecule has 1 unspecified atom stereocenters. The van der Waals surface area contributed by atoms with Gasteiger partial charge >= 0.3 is 0 Å². The van der Waals surface area contributed by atoms with Gasteiger partial charge in [0.1, 0.15) is 0 Å². The molecule has 1 heterocycles. The molecule has 0 aromatic heterocycles. The Hall–Kier alpha value is -1.64. The van der Waals surface area contributed by atoms with Gasteiger partial charge < -0.3 is 20.1 Å². The Labute approximate surface area is 210 Å². The summed E-state index contributed by atoms with van der Waals surface area (Å²) < 4.78 is 11.5. The molecule has 0 amide bonds. The molecule has 176 valence electrons. The predicted molar refractivity (Wildman–Crippen MR) is 143 cm³/mol. The predicted octanol–water partition coefficient (Wildman–Crippen LogP) is 5.38. The summed E-state index contributed by atoms with van der Waals surface area (Å²) in [7, 11) is 0. The van der Waals surface area contributed by atoms with Crippen molar-refractivity contribution in [2.45, 2.75) is 65.3 Å². The Kier molecular flexibility index (Phi) is 12.1. The molecular formula is C26H38IN3O2. The quantitative estimate of drug-likeness (QED) is 0.250. The van der Waals surface area contributed by atoms with Gasteiger partial charge in [-0.3, -0.25) is 0 Å². The molecule has 2 N–H and O–H groups in total. The maximum atomic E-state index is 6.07. The van der Waals surface area contributed by atoms with Gasteiger partial charge in [0.25, 0.3) is 0 Å². The Bertz CT molecular complexity index is 820. The number of nitrogens with one attached hydrogen (secondary N) is 2. The number of aryl methyl sites for hydroxylation is 1. The summed E-state index contributed by atoms with van der Waals surface area (Å²) in [5.41, 5.74) is 5.00. The van der Waals surface area contributed by atoms with Crippen molar-refractivity contribution in [1.82, 2.24) is 10.6 Å². The van der Waals surface area contributed by atoms with Crippen molar-refractivity contribution in [2.75, 3.05) is 19.8 Å². The molecule has 0 radical (unpaired) electrons. The Morgan fingerprint density at radius 1 is 1.06 bits per heavy atom. The number of rotatable bonds is 9. The SMILES string of the molecule is CCNC(=NCc1cccc(COC2CCOCC2)c1)NC(C)c1ccc(CC)cc1.I. The zero-order valence-corrected chi connectivity index (χ0v) is 21.9. The molecule has 1 aliphatic heterocycles. The van der Waals surface area contributed by atoms with Crippen LogP contribution in [-0.4, -0.2) is 31.8 Å². The van der Waals surface area contributed by atoms with E-state index in [-0.39, 0.29) is 30.0 Å². The number of hydrogen-bond donors (Lipinski definition) is 2. The molecule has 1 fully saturated rings. The lowest BCUT2D eigenvalue weighted by Crippen LogP contribution is -2.38. The van der Waals surface area contributed by atoms with Crippen LogP contribution in [-0.2, 0) is 29.0 Å². The zero-order valence-electron chi connectivity index (χ0n) is 19.6. The van der Waals surface area contributed by atoms with Crippen molar-refractivity contribution >= 4 is 29.9 Å². The van der Waals surface area contributed by atoms with Gasteiger partial charge in [0.05, 0.1) is 25.3 Å². The number of nitrogens with zero attached hydrogens (tertiary/aromatic N) is 1. The fraction of sp³-hybridized carbons (Fsp3) is 0.500. The highest BCUT2D eigenvalue weighted by molar-refractivity contribution is 14.0. The first-order chi connectivity index (χ1) is 15.2. The fourth-order valence-electron chi connectivity index (χ4n) is 3.70. The van der Waals surface area contributed by atoms with E-state index in [1.165, 1.54) is 22.3 Å². The molecule has 2 aromatic carbocycles. The van der Waals surface area contributed by atoms with Gasteiger partial charge in [0.2, 0.25) is 0 Å². The van der Waals surface area contributed by atoms with E-state index < -0.39 is 0 Å². The van der Waals surface area contributed by atoms with Crippen LogP contribution >= 0.6 is 24.0 Å². The van der Waals surface area contributed by atoms with Gasteiger partial charge in [-0.2, -0.15) is 0 Å². The lowest BCUT2D eigenvalue weighted by atomic mass is 10.1. The van der Waals surface area contributed by atoms with Gasteiger partial charge in [0, 0.05) is 19.8 Å². The smallest absolute Gasteiger partial charge is 0.192 e. The van der Waals surface area contributed by atoms with Gasteiger partial charge in [-0.15, -0.1) is 24.0 Å². The van der Waals surface area contributed by atoms with E-state index in [9.17, 15) is 0 Å². The van der Waals surface area contributed by atoms with Crippen molar-refractivity contribution in [3.05, 3.63) is 70.8 Å². The minimum Gasteiger partial charge on any atom is -0.381 e. The maximum absolute atomic E-state index is 6.07. The second kappa shape index (κ2) is 14.5. The average molecular weight is 552 g/mol. The number of guanidine groups is 1. The fourth-order valence-corrected chi connectivity index (χ4v) is 3.70. The number of ether oxygens (including phenoxy) is 2. The van der Waals surface area contributed by atoms with E-state index in [0.717, 1.165) is 45.0 Å². The molecule has 2 aromatic rings. The molecule has 6 heteroatoms. The van der Waals surface area contributed by atoms with Crippen LogP contribution < -0.4 is 10.6 Å². The largest absolute Gasteiger partial charge is 0.381 e. The summed E-state index contributed by atoms with van der Waals surface area (Å²) in [6, 6.07) is 17.5. The molecule has 32 heavy (non-hydrogen) atoms. The van der Waals surface area contributed by atoms with E-state index in [4.69, 9.17) is 14.5 Å².